The van der Waals surface area contributed by atoms with E-state index in [1.807, 2.05) is 24.4 Å². The smallest absolute Gasteiger partial charge is 0.0907 e. The predicted molar refractivity (Wildman–Crippen MR) is 74.9 cm³/mol. The van der Waals surface area contributed by atoms with Crippen LogP contribution in [-0.4, -0.2) is 33.8 Å². The Balaban J connectivity index is 1.79. The van der Waals surface area contributed by atoms with E-state index in [4.69, 9.17) is 0 Å². The zero-order chi connectivity index (χ0) is 12.8. The van der Waals surface area contributed by atoms with Gasteiger partial charge in [-0.15, -0.1) is 11.8 Å². The van der Waals surface area contributed by atoms with Gasteiger partial charge in [0.15, 0.2) is 0 Å². The highest BCUT2D eigenvalue weighted by Crippen LogP contribution is 2.17. The molecule has 0 aliphatic carbocycles. The van der Waals surface area contributed by atoms with Gasteiger partial charge >= 0.3 is 0 Å². The van der Waals surface area contributed by atoms with Gasteiger partial charge in [0.2, 0.25) is 0 Å². The van der Waals surface area contributed by atoms with Crippen LogP contribution in [0.4, 0.5) is 5.69 Å². The number of nitrogens with zero attached hydrogens (tertiary/aromatic N) is 2. The Morgan fingerprint density at radius 2 is 2.17 bits per heavy atom. The highest BCUT2D eigenvalue weighted by atomic mass is 32.2. The molecule has 1 aromatic carbocycles. The van der Waals surface area contributed by atoms with E-state index in [0.717, 1.165) is 5.69 Å². The van der Waals surface area contributed by atoms with Crippen LogP contribution in [0.1, 0.15) is 0 Å². The fourth-order valence-corrected chi connectivity index (χ4v) is 2.04. The van der Waals surface area contributed by atoms with E-state index in [1.165, 1.54) is 4.90 Å². The van der Waals surface area contributed by atoms with Gasteiger partial charge in [0, 0.05) is 29.5 Å². The summed E-state index contributed by atoms with van der Waals surface area (Å²) < 4.78 is 1.73. The van der Waals surface area contributed by atoms with Crippen molar-refractivity contribution in [3.05, 3.63) is 42.7 Å². The minimum atomic E-state index is -0.454. The fraction of sp³-hybridized carbons (Fsp3) is 0.308. The Labute approximate surface area is 111 Å². The van der Waals surface area contributed by atoms with Gasteiger partial charge in [0.05, 0.1) is 12.6 Å². The number of aliphatic hydroxyl groups is 1. The van der Waals surface area contributed by atoms with Crippen molar-refractivity contribution in [2.75, 3.05) is 18.1 Å². The molecule has 0 aliphatic heterocycles. The van der Waals surface area contributed by atoms with E-state index in [0.29, 0.717) is 13.1 Å². The first-order valence-electron chi connectivity index (χ1n) is 5.81. The average molecular weight is 263 g/mol. The highest BCUT2D eigenvalue weighted by molar-refractivity contribution is 7.98. The van der Waals surface area contributed by atoms with Crippen molar-refractivity contribution in [2.45, 2.75) is 17.5 Å². The van der Waals surface area contributed by atoms with Gasteiger partial charge in [0.25, 0.3) is 0 Å². The number of benzene rings is 1. The minimum Gasteiger partial charge on any atom is -0.389 e. The van der Waals surface area contributed by atoms with Crippen LogP contribution in [0.3, 0.4) is 0 Å². The monoisotopic (exact) mass is 263 g/mol. The molecule has 0 amide bonds. The summed E-state index contributed by atoms with van der Waals surface area (Å²) >= 11 is 1.72. The lowest BCUT2D eigenvalue weighted by Gasteiger charge is -2.13. The lowest BCUT2D eigenvalue weighted by Crippen LogP contribution is -2.25. The van der Waals surface area contributed by atoms with Crippen molar-refractivity contribution in [2.24, 2.45) is 0 Å². The molecule has 2 N–H and O–H groups in total. The SMILES string of the molecule is CSc1ccc(NCC(O)Cn2cccn2)cc1. The Kier molecular flexibility index (Phi) is 4.66. The molecule has 0 spiro atoms. The van der Waals surface area contributed by atoms with Crippen molar-refractivity contribution in [3.8, 4) is 0 Å². The number of hydrogen-bond acceptors (Lipinski definition) is 4. The third kappa shape index (κ3) is 3.78. The zero-order valence-corrected chi connectivity index (χ0v) is 11.1. The third-order valence-electron chi connectivity index (χ3n) is 2.59. The summed E-state index contributed by atoms with van der Waals surface area (Å²) in [6, 6.07) is 10.0. The molecule has 18 heavy (non-hydrogen) atoms. The van der Waals surface area contributed by atoms with Gasteiger partial charge in [-0.2, -0.15) is 5.10 Å². The number of rotatable bonds is 6. The van der Waals surface area contributed by atoms with Gasteiger partial charge in [-0.25, -0.2) is 0 Å². The Morgan fingerprint density at radius 3 is 2.78 bits per heavy atom. The van der Waals surface area contributed by atoms with Crippen LogP contribution in [0.25, 0.3) is 0 Å². The summed E-state index contributed by atoms with van der Waals surface area (Å²) in [6.45, 7) is 1.02. The Morgan fingerprint density at radius 1 is 1.39 bits per heavy atom. The predicted octanol–water partition coefficient (Wildman–Crippen LogP) is 2.08. The number of nitrogens with one attached hydrogen (secondary N) is 1. The Bertz CT molecular complexity index is 456. The van der Waals surface area contributed by atoms with E-state index in [1.54, 1.807) is 22.6 Å². The molecular weight excluding hydrogens is 246 g/mol. The van der Waals surface area contributed by atoms with Crippen LogP contribution in [0.2, 0.25) is 0 Å². The molecule has 1 aromatic heterocycles. The van der Waals surface area contributed by atoms with Gasteiger partial charge in [0.1, 0.15) is 0 Å². The first-order chi connectivity index (χ1) is 8.78. The van der Waals surface area contributed by atoms with Gasteiger partial charge < -0.3 is 10.4 Å². The second-order valence-corrected chi connectivity index (χ2v) is 4.87. The first kappa shape index (κ1) is 13.0. The molecule has 1 unspecified atom stereocenters. The van der Waals surface area contributed by atoms with E-state index < -0.39 is 6.10 Å². The molecule has 96 valence electrons. The molecule has 5 heteroatoms. The molecule has 0 fully saturated rings. The summed E-state index contributed by atoms with van der Waals surface area (Å²) in [7, 11) is 0. The van der Waals surface area contributed by atoms with E-state index in [-0.39, 0.29) is 0 Å². The summed E-state index contributed by atoms with van der Waals surface area (Å²) in [5.41, 5.74) is 1.02. The number of aromatic nitrogens is 2. The van der Waals surface area contributed by atoms with Gasteiger partial charge in [-0.3, -0.25) is 4.68 Å². The fourth-order valence-electron chi connectivity index (χ4n) is 1.63. The molecule has 1 atom stereocenters. The number of thioether (sulfide) groups is 1. The van der Waals surface area contributed by atoms with E-state index >= 15 is 0 Å². The maximum atomic E-state index is 9.86. The van der Waals surface area contributed by atoms with Crippen LogP contribution in [0.15, 0.2) is 47.6 Å². The largest absolute Gasteiger partial charge is 0.389 e. The summed E-state index contributed by atoms with van der Waals surface area (Å²) in [5, 5.41) is 17.1. The minimum absolute atomic E-state index is 0.454. The zero-order valence-electron chi connectivity index (χ0n) is 10.3. The molecule has 2 rings (SSSR count). The molecule has 4 nitrogen and oxygen atoms in total. The van der Waals surface area contributed by atoms with Crippen LogP contribution in [0.5, 0.6) is 0 Å². The third-order valence-corrected chi connectivity index (χ3v) is 3.33. The van der Waals surface area contributed by atoms with Crippen LogP contribution >= 0.6 is 11.8 Å². The number of anilines is 1. The molecule has 0 radical (unpaired) electrons. The van der Waals surface area contributed by atoms with Gasteiger partial charge in [-0.1, -0.05) is 0 Å². The standard InChI is InChI=1S/C13H17N3OS/c1-18-13-5-3-11(4-6-13)14-9-12(17)10-16-8-2-7-15-16/h2-8,12,14,17H,9-10H2,1H3. The van der Waals surface area contributed by atoms with Crippen molar-refractivity contribution in [3.63, 3.8) is 0 Å². The molecule has 0 saturated heterocycles. The highest BCUT2D eigenvalue weighted by Gasteiger charge is 2.05. The Hall–Kier alpha value is -1.46. The second-order valence-electron chi connectivity index (χ2n) is 3.99. The first-order valence-corrected chi connectivity index (χ1v) is 7.04. The second kappa shape index (κ2) is 6.47. The molecule has 0 aliphatic rings. The quantitative estimate of drug-likeness (QED) is 0.783. The van der Waals surface area contributed by atoms with Crippen LogP contribution in [0, 0.1) is 0 Å². The van der Waals surface area contributed by atoms with Gasteiger partial charge in [-0.05, 0) is 36.6 Å². The van der Waals surface area contributed by atoms with Crippen LogP contribution in [-0.2, 0) is 6.54 Å². The number of aliphatic hydroxyl groups excluding tert-OH is 1. The molecule has 2 aromatic rings. The summed E-state index contributed by atoms with van der Waals surface area (Å²) in [6.07, 6.45) is 5.15. The normalized spacial score (nSPS) is 12.3. The molecular formula is C13H17N3OS. The maximum Gasteiger partial charge on any atom is 0.0907 e. The number of hydrogen-bond donors (Lipinski definition) is 2. The van der Waals surface area contributed by atoms with Crippen molar-refractivity contribution in [1.82, 2.24) is 9.78 Å². The van der Waals surface area contributed by atoms with Crippen molar-refractivity contribution >= 4 is 17.4 Å². The van der Waals surface area contributed by atoms with Crippen molar-refractivity contribution in [1.29, 1.82) is 0 Å². The van der Waals surface area contributed by atoms with E-state index in [9.17, 15) is 5.11 Å². The average Bonchev–Trinajstić information content (AvgIpc) is 2.90. The topological polar surface area (TPSA) is 50.1 Å². The van der Waals surface area contributed by atoms with Crippen LogP contribution < -0.4 is 5.32 Å². The molecule has 0 saturated carbocycles. The molecule has 1 heterocycles. The lowest BCUT2D eigenvalue weighted by molar-refractivity contribution is 0.161. The molecule has 0 bridgehead atoms. The summed E-state index contributed by atoms with van der Waals surface area (Å²) in [5.74, 6) is 0. The maximum absolute atomic E-state index is 9.86. The van der Waals surface area contributed by atoms with E-state index in [2.05, 4.69) is 28.8 Å². The summed E-state index contributed by atoms with van der Waals surface area (Å²) in [4.78, 5) is 1.23. The lowest BCUT2D eigenvalue weighted by atomic mass is 10.3. The van der Waals surface area contributed by atoms with Crippen molar-refractivity contribution < 1.29 is 5.11 Å².